The number of benzene rings is 2. The summed E-state index contributed by atoms with van der Waals surface area (Å²) in [6, 6.07) is 16.9. The van der Waals surface area contributed by atoms with Gasteiger partial charge in [-0.1, -0.05) is 92.1 Å². The fourth-order valence-electron chi connectivity index (χ4n) is 11.9. The molecular weight excluding hydrogens is 633 g/mol. The Morgan fingerprint density at radius 3 is 2.49 bits per heavy atom. The second-order valence-electron chi connectivity index (χ2n) is 16.5. The van der Waals surface area contributed by atoms with Gasteiger partial charge in [-0.25, -0.2) is 8.78 Å². The molecule has 2 saturated carbocycles. The smallest absolute Gasteiger partial charge is 0.126 e. The topological polar surface area (TPSA) is 12.5 Å². The summed E-state index contributed by atoms with van der Waals surface area (Å²) >= 11 is 0. The van der Waals surface area contributed by atoms with Gasteiger partial charge in [-0.05, 0) is 122 Å². The Morgan fingerprint density at radius 1 is 0.804 bits per heavy atom. The predicted molar refractivity (Wildman–Crippen MR) is 203 cm³/mol. The van der Waals surface area contributed by atoms with Crippen molar-refractivity contribution in [1.29, 1.82) is 0 Å². The van der Waals surface area contributed by atoms with Crippen LogP contribution in [0.4, 0.5) is 14.5 Å². The van der Waals surface area contributed by atoms with Crippen LogP contribution in [0, 0.1) is 23.7 Å². The number of nitrogens with zero attached hydrogens (tertiary/aromatic N) is 1. The third-order valence-electron chi connectivity index (χ3n) is 14.0. The van der Waals surface area contributed by atoms with Crippen molar-refractivity contribution in [1.82, 2.24) is 0 Å². The molecule has 0 saturated heterocycles. The van der Waals surface area contributed by atoms with Crippen LogP contribution in [-0.2, 0) is 5.41 Å². The molecule has 2 nitrogen and oxygen atoms in total. The number of hydrogen-bond donors (Lipinski definition) is 0. The lowest BCUT2D eigenvalue weighted by Gasteiger charge is -2.49. The second kappa shape index (κ2) is 12.6. The summed E-state index contributed by atoms with van der Waals surface area (Å²) < 4.78 is 36.3. The lowest BCUT2D eigenvalue weighted by Crippen LogP contribution is -2.50. The van der Waals surface area contributed by atoms with Crippen molar-refractivity contribution in [2.45, 2.75) is 106 Å². The van der Waals surface area contributed by atoms with Gasteiger partial charge < -0.3 is 9.64 Å². The van der Waals surface area contributed by atoms with E-state index in [0.29, 0.717) is 31.2 Å². The Kier molecular flexibility index (Phi) is 7.88. The number of alkyl halides is 1. The first-order valence-electron chi connectivity index (χ1n) is 19.9. The van der Waals surface area contributed by atoms with Gasteiger partial charge in [0.2, 0.25) is 0 Å². The normalized spacial score (nSPS) is 36.2. The fraction of sp³-hybridized carbons (Fsp3) is 0.447. The zero-order chi connectivity index (χ0) is 34.1. The van der Waals surface area contributed by atoms with Crippen molar-refractivity contribution in [3.8, 4) is 5.75 Å². The average molecular weight is 682 g/mol. The molecule has 51 heavy (non-hydrogen) atoms. The number of halogens is 2. The molecular formula is C47H49F2NO. The summed E-state index contributed by atoms with van der Waals surface area (Å²) in [6.07, 6.45) is 34.4. The van der Waals surface area contributed by atoms with Gasteiger partial charge in [0, 0.05) is 46.5 Å². The van der Waals surface area contributed by atoms with Crippen LogP contribution in [0.15, 0.2) is 121 Å². The average Bonchev–Trinajstić information content (AvgIpc) is 3.70. The first-order chi connectivity index (χ1) is 25.1. The van der Waals surface area contributed by atoms with Crippen LogP contribution in [0.1, 0.15) is 93.2 Å². The van der Waals surface area contributed by atoms with Crippen LogP contribution in [0.2, 0.25) is 0 Å². The third kappa shape index (κ3) is 4.98. The largest absolute Gasteiger partial charge is 0.485 e. The van der Waals surface area contributed by atoms with Gasteiger partial charge in [-0.3, -0.25) is 0 Å². The number of para-hydroxylation sites is 1. The van der Waals surface area contributed by atoms with E-state index in [1.165, 1.54) is 65.6 Å². The molecule has 4 heteroatoms. The van der Waals surface area contributed by atoms with Gasteiger partial charge in [-0.15, -0.1) is 0 Å². The van der Waals surface area contributed by atoms with Crippen molar-refractivity contribution in [2.24, 2.45) is 23.7 Å². The number of rotatable bonds is 5. The van der Waals surface area contributed by atoms with Gasteiger partial charge in [0.05, 0.1) is 0 Å². The van der Waals surface area contributed by atoms with Crippen LogP contribution >= 0.6 is 0 Å². The van der Waals surface area contributed by atoms with E-state index in [2.05, 4.69) is 102 Å². The maximum Gasteiger partial charge on any atom is 0.126 e. The van der Waals surface area contributed by atoms with Crippen LogP contribution in [-0.4, -0.2) is 24.4 Å². The molecule has 10 rings (SSSR count). The van der Waals surface area contributed by atoms with E-state index in [1.807, 2.05) is 0 Å². The summed E-state index contributed by atoms with van der Waals surface area (Å²) in [5.74, 6) is 2.13. The van der Waals surface area contributed by atoms with E-state index in [-0.39, 0.29) is 47.1 Å². The molecule has 1 aliphatic heterocycles. The van der Waals surface area contributed by atoms with E-state index in [0.717, 1.165) is 25.0 Å². The van der Waals surface area contributed by atoms with Gasteiger partial charge >= 0.3 is 0 Å². The van der Waals surface area contributed by atoms with Gasteiger partial charge in [0.15, 0.2) is 0 Å². The highest BCUT2D eigenvalue weighted by Crippen LogP contribution is 2.64. The number of hydrogen-bond acceptors (Lipinski definition) is 2. The van der Waals surface area contributed by atoms with Crippen molar-refractivity contribution >= 4 is 11.3 Å². The van der Waals surface area contributed by atoms with Crippen molar-refractivity contribution in [3.05, 3.63) is 137 Å². The van der Waals surface area contributed by atoms with Crippen molar-refractivity contribution in [3.63, 3.8) is 0 Å². The predicted octanol–water partition coefficient (Wildman–Crippen LogP) is 11.6. The number of ether oxygens (including phenoxy) is 1. The summed E-state index contributed by atoms with van der Waals surface area (Å²) in [6.45, 7) is 0. The number of fused-ring (bicyclic) bond motifs is 7. The molecule has 2 aromatic carbocycles. The molecule has 7 unspecified atom stereocenters. The lowest BCUT2D eigenvalue weighted by atomic mass is 9.55. The molecule has 7 aliphatic carbocycles. The molecule has 2 fully saturated rings. The maximum absolute atomic E-state index is 15.0. The Bertz CT molecular complexity index is 1910. The summed E-state index contributed by atoms with van der Waals surface area (Å²) in [4.78, 5) is 2.84. The lowest BCUT2D eigenvalue weighted by molar-refractivity contribution is 0.138. The van der Waals surface area contributed by atoms with E-state index in [4.69, 9.17) is 4.74 Å². The molecule has 7 atom stereocenters. The monoisotopic (exact) mass is 681 g/mol. The van der Waals surface area contributed by atoms with E-state index in [1.54, 1.807) is 12.2 Å². The highest BCUT2D eigenvalue weighted by atomic mass is 19.1. The fourth-order valence-corrected chi connectivity index (χ4v) is 11.9. The highest BCUT2D eigenvalue weighted by molar-refractivity contribution is 5.88. The molecule has 1 heterocycles. The minimum Gasteiger partial charge on any atom is -0.485 e. The zero-order valence-corrected chi connectivity index (χ0v) is 29.5. The van der Waals surface area contributed by atoms with Crippen LogP contribution < -0.4 is 9.64 Å². The number of allylic oxidation sites excluding steroid dienone is 12. The molecule has 0 spiro atoms. The SMILES string of the molecule is FC1=CCC(C2(C3CCC(F)CC3)C3=C(c4ccc(N(C5CCCCC5)C5CC=CC6Oc7ccccc7C65)cc42)C2C=CC=CC2C=C3)C=C1. The molecule has 2 aromatic rings. The highest BCUT2D eigenvalue weighted by Gasteiger charge is 2.56. The molecule has 8 aliphatic rings. The first kappa shape index (κ1) is 31.8. The van der Waals surface area contributed by atoms with Crippen LogP contribution in [0.3, 0.4) is 0 Å². The van der Waals surface area contributed by atoms with E-state index >= 15 is 0 Å². The van der Waals surface area contributed by atoms with E-state index < -0.39 is 6.17 Å². The number of anilines is 1. The minimum atomic E-state index is -0.735. The first-order valence-corrected chi connectivity index (χ1v) is 19.9. The molecule has 0 bridgehead atoms. The summed E-state index contributed by atoms with van der Waals surface area (Å²) in [5.41, 5.74) is 7.92. The molecule has 262 valence electrons. The quantitative estimate of drug-likeness (QED) is 0.291. The standard InChI is InChI=1S/C47H49F2NO/c48-33-22-18-31(19-23-33)47(32-20-24-34(49)25-21-32)40-28-17-30-9-4-5-12-37(30)45(40)38-27-26-36(29-41(38)47)50(35-10-2-1-3-11-35)42-14-8-16-44-46(42)39-13-6-7-15-43(39)51-44/h4-9,12-13,15-18,22-23,26-32,34-35,37,42,44,46H,1-3,10-11,14,19-21,24-25H2. The molecule has 0 aromatic heterocycles. The Labute approximate surface area is 302 Å². The van der Waals surface area contributed by atoms with Gasteiger partial charge in [0.25, 0.3) is 0 Å². The Hall–Kier alpha value is -3.92. The van der Waals surface area contributed by atoms with Crippen molar-refractivity contribution in [2.75, 3.05) is 4.90 Å². The van der Waals surface area contributed by atoms with E-state index in [9.17, 15) is 8.78 Å². The molecule has 0 amide bonds. The zero-order valence-electron chi connectivity index (χ0n) is 29.5. The second-order valence-corrected chi connectivity index (χ2v) is 16.5. The summed E-state index contributed by atoms with van der Waals surface area (Å²) in [7, 11) is 0. The Morgan fingerprint density at radius 2 is 1.65 bits per heavy atom. The van der Waals surface area contributed by atoms with Crippen molar-refractivity contribution < 1.29 is 13.5 Å². The van der Waals surface area contributed by atoms with Gasteiger partial charge in [0.1, 0.15) is 23.9 Å². The maximum atomic E-state index is 15.0. The molecule has 0 radical (unpaired) electrons. The van der Waals surface area contributed by atoms with Crippen LogP contribution in [0.5, 0.6) is 5.75 Å². The summed E-state index contributed by atoms with van der Waals surface area (Å²) in [5, 5.41) is 0. The van der Waals surface area contributed by atoms with Gasteiger partial charge in [-0.2, -0.15) is 0 Å². The van der Waals surface area contributed by atoms with Crippen LogP contribution in [0.25, 0.3) is 5.57 Å². The third-order valence-corrected chi connectivity index (χ3v) is 14.0. The molecule has 0 N–H and O–H groups in total. The minimum absolute atomic E-state index is 0.0490. The Balaban J connectivity index is 1.17.